The lowest BCUT2D eigenvalue weighted by molar-refractivity contribution is -0.112. The van der Waals surface area contributed by atoms with Gasteiger partial charge in [0, 0.05) is 28.6 Å². The van der Waals surface area contributed by atoms with E-state index < -0.39 is 0 Å². The molecule has 0 saturated carbocycles. The molecule has 0 aromatic heterocycles. The molecule has 2 N–H and O–H groups in total. The molecule has 1 atom stereocenters. The van der Waals surface area contributed by atoms with Crippen molar-refractivity contribution in [1.82, 2.24) is 10.2 Å². The first-order valence-electron chi connectivity index (χ1n) is 11.1. The number of nitrogens with one attached hydrogen (secondary N) is 2. The number of piperidine rings is 1. The van der Waals surface area contributed by atoms with Gasteiger partial charge in [0.1, 0.15) is 0 Å². The van der Waals surface area contributed by atoms with Crippen LogP contribution in [0.2, 0.25) is 5.02 Å². The summed E-state index contributed by atoms with van der Waals surface area (Å²) in [5.41, 5.74) is 2.09. The number of benzene rings is 2. The first kappa shape index (κ1) is 22.9. The zero-order chi connectivity index (χ0) is 22.5. The van der Waals surface area contributed by atoms with Gasteiger partial charge in [0.15, 0.2) is 0 Å². The third-order valence-corrected chi connectivity index (χ3v) is 7.09. The minimum atomic E-state index is -0.184. The first-order valence-corrected chi connectivity index (χ1v) is 12.3. The number of likely N-dealkylation sites (tertiary alicyclic amines) is 1. The molecular weight excluding hydrogens is 442 g/mol. The van der Waals surface area contributed by atoms with Crippen LogP contribution in [0.1, 0.15) is 42.1 Å². The SMILES string of the molecule is CC1CCCN(CCCNC(=O)c2ccc3c(c2)NC(=O)C(=Cc2cccc(Cl)c2)S3)C1. The summed E-state index contributed by atoms with van der Waals surface area (Å²) >= 11 is 7.43. The Morgan fingerprint density at radius 3 is 3.00 bits per heavy atom. The summed E-state index contributed by atoms with van der Waals surface area (Å²) in [5, 5.41) is 6.54. The summed E-state index contributed by atoms with van der Waals surface area (Å²) < 4.78 is 0. The predicted molar refractivity (Wildman–Crippen MR) is 132 cm³/mol. The number of thioether (sulfide) groups is 1. The van der Waals surface area contributed by atoms with Crippen LogP contribution in [0.25, 0.3) is 6.08 Å². The van der Waals surface area contributed by atoms with Crippen molar-refractivity contribution in [3.05, 3.63) is 63.5 Å². The highest BCUT2D eigenvalue weighted by molar-refractivity contribution is 8.04. The maximum atomic E-state index is 12.6. The first-order chi connectivity index (χ1) is 15.5. The van der Waals surface area contributed by atoms with Gasteiger partial charge in [0.25, 0.3) is 11.8 Å². The van der Waals surface area contributed by atoms with Gasteiger partial charge in [0.05, 0.1) is 10.6 Å². The number of hydrogen-bond acceptors (Lipinski definition) is 4. The number of carbonyl (C=O) groups is 2. The zero-order valence-corrected chi connectivity index (χ0v) is 19.8. The van der Waals surface area contributed by atoms with Gasteiger partial charge < -0.3 is 15.5 Å². The number of rotatable bonds is 6. The Kier molecular flexibility index (Phi) is 7.55. The molecule has 1 saturated heterocycles. The van der Waals surface area contributed by atoms with Crippen molar-refractivity contribution in [1.29, 1.82) is 0 Å². The van der Waals surface area contributed by atoms with Gasteiger partial charge >= 0.3 is 0 Å². The molecule has 0 radical (unpaired) electrons. The zero-order valence-electron chi connectivity index (χ0n) is 18.2. The largest absolute Gasteiger partial charge is 0.352 e. The normalized spacial score (nSPS) is 20.0. The fourth-order valence-corrected chi connectivity index (χ4v) is 5.28. The highest BCUT2D eigenvalue weighted by Crippen LogP contribution is 2.39. The number of hydrogen-bond donors (Lipinski definition) is 2. The van der Waals surface area contributed by atoms with Crippen LogP contribution in [0.5, 0.6) is 0 Å². The summed E-state index contributed by atoms with van der Waals surface area (Å²) in [6, 6.07) is 12.8. The quantitative estimate of drug-likeness (QED) is 0.446. The maximum absolute atomic E-state index is 12.6. The maximum Gasteiger partial charge on any atom is 0.262 e. The number of nitrogens with zero attached hydrogens (tertiary/aromatic N) is 1. The van der Waals surface area contributed by atoms with E-state index in [1.54, 1.807) is 12.1 Å². The van der Waals surface area contributed by atoms with E-state index in [9.17, 15) is 9.59 Å². The van der Waals surface area contributed by atoms with Crippen LogP contribution in [0.15, 0.2) is 52.3 Å². The molecule has 0 spiro atoms. The molecule has 2 aromatic carbocycles. The lowest BCUT2D eigenvalue weighted by Crippen LogP contribution is -2.36. The average Bonchev–Trinajstić information content (AvgIpc) is 2.77. The molecule has 0 bridgehead atoms. The Labute approximate surface area is 198 Å². The highest BCUT2D eigenvalue weighted by Gasteiger charge is 2.22. The summed E-state index contributed by atoms with van der Waals surface area (Å²) in [6.07, 6.45) is 5.34. The van der Waals surface area contributed by atoms with Gasteiger partial charge in [-0.1, -0.05) is 42.4 Å². The van der Waals surface area contributed by atoms with E-state index >= 15 is 0 Å². The molecule has 168 valence electrons. The van der Waals surface area contributed by atoms with Crippen LogP contribution in [-0.2, 0) is 4.79 Å². The minimum Gasteiger partial charge on any atom is -0.352 e. The number of anilines is 1. The average molecular weight is 470 g/mol. The molecule has 1 unspecified atom stereocenters. The second kappa shape index (κ2) is 10.6. The van der Waals surface area contributed by atoms with Gasteiger partial charge in [-0.2, -0.15) is 0 Å². The van der Waals surface area contributed by atoms with Crippen molar-refractivity contribution in [3.8, 4) is 0 Å². The van der Waals surface area contributed by atoms with E-state index in [1.165, 1.54) is 24.6 Å². The van der Waals surface area contributed by atoms with Gasteiger partial charge in [-0.05, 0) is 80.2 Å². The number of amides is 2. The van der Waals surface area contributed by atoms with E-state index in [2.05, 4.69) is 22.5 Å². The fraction of sp³-hybridized carbons (Fsp3) is 0.360. The second-order valence-electron chi connectivity index (χ2n) is 8.49. The van der Waals surface area contributed by atoms with Crippen molar-refractivity contribution in [3.63, 3.8) is 0 Å². The van der Waals surface area contributed by atoms with Crippen molar-refractivity contribution in [2.24, 2.45) is 5.92 Å². The summed E-state index contributed by atoms with van der Waals surface area (Å²) in [6.45, 7) is 6.28. The third kappa shape index (κ3) is 5.94. The third-order valence-electron chi connectivity index (χ3n) is 5.76. The number of halogens is 1. The lowest BCUT2D eigenvalue weighted by Gasteiger charge is -2.30. The van der Waals surface area contributed by atoms with E-state index in [0.717, 1.165) is 42.4 Å². The molecule has 1 fully saturated rings. The summed E-state index contributed by atoms with van der Waals surface area (Å²) in [7, 11) is 0. The molecule has 2 heterocycles. The Morgan fingerprint density at radius 2 is 2.19 bits per heavy atom. The Hall–Kier alpha value is -2.28. The van der Waals surface area contributed by atoms with Crippen LogP contribution in [0.4, 0.5) is 5.69 Å². The molecule has 5 nitrogen and oxygen atoms in total. The Morgan fingerprint density at radius 1 is 1.31 bits per heavy atom. The summed E-state index contributed by atoms with van der Waals surface area (Å²) in [5.74, 6) is 0.470. The standard InChI is InChI=1S/C25H28ClN3O2S/c1-17-5-3-11-29(16-17)12-4-10-27-24(30)19-8-9-22-21(15-19)28-25(31)23(32-22)14-18-6-2-7-20(26)13-18/h2,6-9,13-15,17H,3-5,10-12,16H2,1H3,(H,27,30)(H,28,31). The van der Waals surface area contributed by atoms with E-state index in [1.807, 2.05) is 36.4 Å². The van der Waals surface area contributed by atoms with E-state index in [4.69, 9.17) is 11.6 Å². The molecule has 2 amide bonds. The molecule has 2 aliphatic heterocycles. The Balaban J connectivity index is 1.33. The highest BCUT2D eigenvalue weighted by atomic mass is 35.5. The van der Waals surface area contributed by atoms with Gasteiger partial charge in [0.2, 0.25) is 0 Å². The topological polar surface area (TPSA) is 61.4 Å². The fourth-order valence-electron chi connectivity index (χ4n) is 4.15. The van der Waals surface area contributed by atoms with Crippen LogP contribution in [0, 0.1) is 5.92 Å². The van der Waals surface area contributed by atoms with Crippen LogP contribution < -0.4 is 10.6 Å². The molecule has 2 aliphatic rings. The summed E-state index contributed by atoms with van der Waals surface area (Å²) in [4.78, 5) is 29.1. The molecule has 0 aliphatic carbocycles. The van der Waals surface area contributed by atoms with Crippen molar-refractivity contribution in [2.75, 3.05) is 31.5 Å². The molecule has 7 heteroatoms. The van der Waals surface area contributed by atoms with Crippen LogP contribution in [-0.4, -0.2) is 42.9 Å². The Bertz CT molecular complexity index is 1040. The van der Waals surface area contributed by atoms with Gasteiger partial charge in [-0.15, -0.1) is 0 Å². The van der Waals surface area contributed by atoms with Crippen LogP contribution in [0.3, 0.4) is 0 Å². The predicted octanol–water partition coefficient (Wildman–Crippen LogP) is 5.28. The van der Waals surface area contributed by atoms with Crippen molar-refractivity contribution < 1.29 is 9.59 Å². The van der Waals surface area contributed by atoms with E-state index in [0.29, 0.717) is 27.7 Å². The molecule has 4 rings (SSSR count). The van der Waals surface area contributed by atoms with Gasteiger partial charge in [-0.25, -0.2) is 0 Å². The van der Waals surface area contributed by atoms with E-state index in [-0.39, 0.29) is 11.8 Å². The van der Waals surface area contributed by atoms with Crippen molar-refractivity contribution in [2.45, 2.75) is 31.1 Å². The van der Waals surface area contributed by atoms with Gasteiger partial charge in [-0.3, -0.25) is 9.59 Å². The number of carbonyl (C=O) groups excluding carboxylic acids is 2. The molecule has 32 heavy (non-hydrogen) atoms. The smallest absolute Gasteiger partial charge is 0.262 e. The minimum absolute atomic E-state index is 0.112. The lowest BCUT2D eigenvalue weighted by atomic mass is 10.0. The molecule has 2 aromatic rings. The monoisotopic (exact) mass is 469 g/mol. The van der Waals surface area contributed by atoms with Crippen molar-refractivity contribution >= 4 is 46.9 Å². The second-order valence-corrected chi connectivity index (χ2v) is 10.0. The number of fused-ring (bicyclic) bond motifs is 1. The van der Waals surface area contributed by atoms with Crippen LogP contribution >= 0.6 is 23.4 Å². The molecular formula is C25H28ClN3O2S.